The molecule has 1 N–H and O–H groups in total. The van der Waals surface area contributed by atoms with Gasteiger partial charge in [-0.25, -0.2) is 19.0 Å². The van der Waals surface area contributed by atoms with Gasteiger partial charge in [-0.15, -0.1) is 0 Å². The zero-order valence-electron chi connectivity index (χ0n) is 11.7. The lowest BCUT2D eigenvalue weighted by molar-refractivity contribution is 0.0636. The molecule has 0 aliphatic heterocycles. The smallest absolute Gasteiger partial charge is 0.412 e. The molecule has 1 aromatic carbocycles. The molecular weight excluding hydrogens is 263 g/mol. The first kappa shape index (κ1) is 15.9. The summed E-state index contributed by atoms with van der Waals surface area (Å²) in [4.78, 5) is 24.9. The van der Waals surface area contributed by atoms with Crippen molar-refractivity contribution in [1.29, 1.82) is 0 Å². The largest absolute Gasteiger partial charge is 0.444 e. The van der Waals surface area contributed by atoms with E-state index in [1.165, 1.54) is 24.3 Å². The number of amides is 1. The highest BCUT2D eigenvalue weighted by Crippen LogP contribution is 2.17. The molecule has 0 saturated heterocycles. The van der Waals surface area contributed by atoms with Crippen LogP contribution in [0.1, 0.15) is 26.3 Å². The lowest BCUT2D eigenvalue weighted by Gasteiger charge is -2.19. The van der Waals surface area contributed by atoms with Gasteiger partial charge in [-0.2, -0.15) is 0 Å². The molecule has 1 aromatic rings. The van der Waals surface area contributed by atoms with Gasteiger partial charge in [-0.05, 0) is 51.0 Å². The predicted molar refractivity (Wildman–Crippen MR) is 72.9 cm³/mol. The van der Waals surface area contributed by atoms with E-state index < -0.39 is 17.5 Å². The number of nitrogens with zero attached hydrogens (tertiary/aromatic N) is 1. The number of halogens is 1. The average molecular weight is 280 g/mol. The van der Waals surface area contributed by atoms with E-state index >= 15 is 0 Å². The topological polar surface area (TPSA) is 67.8 Å². The Morgan fingerprint density at radius 1 is 1.45 bits per heavy atom. The minimum absolute atomic E-state index is 0.149. The van der Waals surface area contributed by atoms with Gasteiger partial charge in [-0.1, -0.05) is 0 Å². The van der Waals surface area contributed by atoms with Gasteiger partial charge in [0, 0.05) is 5.69 Å². The SMILES string of the molecule is CC(C)(C)OC(=O)Nc1ccc(F)c(CCN=C=O)c1. The number of nitrogens with one attached hydrogen (secondary N) is 1. The summed E-state index contributed by atoms with van der Waals surface area (Å²) in [6, 6.07) is 4.16. The van der Waals surface area contributed by atoms with E-state index in [1.54, 1.807) is 20.8 Å². The number of hydrogen-bond donors (Lipinski definition) is 1. The Morgan fingerprint density at radius 3 is 2.75 bits per heavy atom. The minimum Gasteiger partial charge on any atom is -0.444 e. The Kier molecular flexibility index (Phi) is 5.41. The van der Waals surface area contributed by atoms with Crippen LogP contribution in [-0.4, -0.2) is 24.3 Å². The number of aliphatic imine (C=N–C) groups is 1. The third-order valence-electron chi connectivity index (χ3n) is 2.25. The van der Waals surface area contributed by atoms with E-state index in [0.717, 1.165) is 0 Å². The van der Waals surface area contributed by atoms with Crippen molar-refractivity contribution in [3.63, 3.8) is 0 Å². The van der Waals surface area contributed by atoms with Gasteiger partial charge in [0.2, 0.25) is 6.08 Å². The molecule has 108 valence electrons. The molecule has 0 bridgehead atoms. The van der Waals surface area contributed by atoms with Crippen LogP contribution < -0.4 is 5.32 Å². The van der Waals surface area contributed by atoms with Crippen LogP contribution in [0.25, 0.3) is 0 Å². The van der Waals surface area contributed by atoms with Gasteiger partial charge in [0.25, 0.3) is 0 Å². The fourth-order valence-electron chi connectivity index (χ4n) is 1.49. The van der Waals surface area contributed by atoms with Crippen LogP contribution >= 0.6 is 0 Å². The molecule has 1 amide bonds. The van der Waals surface area contributed by atoms with Crippen molar-refractivity contribution in [2.75, 3.05) is 11.9 Å². The Balaban J connectivity index is 2.74. The predicted octanol–water partition coefficient (Wildman–Crippen LogP) is 3.05. The molecule has 0 aliphatic rings. The van der Waals surface area contributed by atoms with Crippen molar-refractivity contribution < 1.29 is 18.7 Å². The summed E-state index contributed by atoms with van der Waals surface area (Å²) in [5.74, 6) is -0.416. The van der Waals surface area contributed by atoms with E-state index in [1.807, 2.05) is 0 Å². The second-order valence-corrected chi connectivity index (χ2v) is 5.16. The summed E-state index contributed by atoms with van der Waals surface area (Å²) in [6.45, 7) is 5.40. The highest BCUT2D eigenvalue weighted by atomic mass is 19.1. The molecule has 0 saturated carbocycles. The highest BCUT2D eigenvalue weighted by Gasteiger charge is 2.16. The molecular formula is C14H17FN2O3. The second-order valence-electron chi connectivity index (χ2n) is 5.16. The van der Waals surface area contributed by atoms with Crippen LogP contribution in [0.15, 0.2) is 23.2 Å². The summed E-state index contributed by atoms with van der Waals surface area (Å²) in [5, 5.41) is 2.52. The maximum Gasteiger partial charge on any atom is 0.412 e. The quantitative estimate of drug-likeness (QED) is 0.680. The Hall–Kier alpha value is -2.20. The van der Waals surface area contributed by atoms with Gasteiger partial charge in [0.1, 0.15) is 11.4 Å². The van der Waals surface area contributed by atoms with Crippen molar-refractivity contribution in [2.24, 2.45) is 4.99 Å². The van der Waals surface area contributed by atoms with Crippen LogP contribution in [0.3, 0.4) is 0 Å². The zero-order valence-corrected chi connectivity index (χ0v) is 11.7. The lowest BCUT2D eigenvalue weighted by Crippen LogP contribution is -2.27. The standard InChI is InChI=1S/C14H17FN2O3/c1-14(2,3)20-13(19)17-11-4-5-12(15)10(8-11)6-7-16-9-18/h4-5,8H,6-7H2,1-3H3,(H,17,19). The first-order valence-electron chi connectivity index (χ1n) is 6.14. The van der Waals surface area contributed by atoms with E-state index in [9.17, 15) is 14.0 Å². The first-order valence-corrected chi connectivity index (χ1v) is 6.14. The summed E-state index contributed by atoms with van der Waals surface area (Å²) >= 11 is 0. The number of benzene rings is 1. The van der Waals surface area contributed by atoms with Gasteiger partial charge < -0.3 is 4.74 Å². The molecule has 0 fully saturated rings. The number of rotatable bonds is 4. The van der Waals surface area contributed by atoms with Gasteiger partial charge in [-0.3, -0.25) is 5.32 Å². The van der Waals surface area contributed by atoms with Gasteiger partial charge in [0.05, 0.1) is 6.54 Å². The van der Waals surface area contributed by atoms with Crippen LogP contribution in [0.5, 0.6) is 0 Å². The molecule has 0 radical (unpaired) electrons. The number of carbonyl (C=O) groups is 1. The molecule has 6 heteroatoms. The molecule has 0 heterocycles. The van der Waals surface area contributed by atoms with Crippen molar-refractivity contribution in [3.8, 4) is 0 Å². The molecule has 1 rings (SSSR count). The molecule has 0 aromatic heterocycles. The fourth-order valence-corrected chi connectivity index (χ4v) is 1.49. The third-order valence-corrected chi connectivity index (χ3v) is 2.25. The molecule has 0 unspecified atom stereocenters. The molecule has 0 spiro atoms. The summed E-state index contributed by atoms with van der Waals surface area (Å²) in [7, 11) is 0. The van der Waals surface area contributed by atoms with Crippen LogP contribution in [0.4, 0.5) is 14.9 Å². The van der Waals surface area contributed by atoms with Gasteiger partial charge >= 0.3 is 6.09 Å². The van der Waals surface area contributed by atoms with Gasteiger partial charge in [0.15, 0.2) is 0 Å². The molecule has 5 nitrogen and oxygen atoms in total. The van der Waals surface area contributed by atoms with E-state index in [-0.39, 0.29) is 13.0 Å². The van der Waals surface area contributed by atoms with E-state index in [2.05, 4.69) is 10.3 Å². The highest BCUT2D eigenvalue weighted by molar-refractivity contribution is 5.84. The van der Waals surface area contributed by atoms with Crippen LogP contribution in [0, 0.1) is 5.82 Å². The van der Waals surface area contributed by atoms with E-state index in [0.29, 0.717) is 11.3 Å². The van der Waals surface area contributed by atoms with E-state index in [4.69, 9.17) is 4.74 Å². The molecule has 20 heavy (non-hydrogen) atoms. The summed E-state index contributed by atoms with van der Waals surface area (Å²) < 4.78 is 18.6. The minimum atomic E-state index is -0.610. The Bertz CT molecular complexity index is 532. The number of hydrogen-bond acceptors (Lipinski definition) is 4. The van der Waals surface area contributed by atoms with Crippen molar-refractivity contribution in [3.05, 3.63) is 29.6 Å². The summed E-state index contributed by atoms with van der Waals surface area (Å²) in [5.41, 5.74) is 0.175. The van der Waals surface area contributed by atoms with Crippen LogP contribution in [0.2, 0.25) is 0 Å². The average Bonchev–Trinajstić information content (AvgIpc) is 2.31. The maximum absolute atomic E-state index is 13.5. The Morgan fingerprint density at radius 2 is 2.15 bits per heavy atom. The maximum atomic E-state index is 13.5. The number of isocyanates is 1. The third kappa shape index (κ3) is 5.63. The van der Waals surface area contributed by atoms with Crippen LogP contribution in [-0.2, 0) is 16.0 Å². The number of anilines is 1. The number of ether oxygens (including phenoxy) is 1. The fraction of sp³-hybridized carbons (Fsp3) is 0.429. The lowest BCUT2D eigenvalue weighted by atomic mass is 10.1. The summed E-state index contributed by atoms with van der Waals surface area (Å²) in [6.07, 6.45) is 1.04. The molecule has 0 aliphatic carbocycles. The zero-order chi connectivity index (χ0) is 15.2. The normalized spacial score (nSPS) is 10.6. The Labute approximate surface area is 116 Å². The van der Waals surface area contributed by atoms with Crippen molar-refractivity contribution in [2.45, 2.75) is 32.8 Å². The molecule has 0 atom stereocenters. The van der Waals surface area contributed by atoms with Crippen molar-refractivity contribution >= 4 is 17.9 Å². The first-order chi connectivity index (χ1) is 9.31. The monoisotopic (exact) mass is 280 g/mol. The second kappa shape index (κ2) is 6.82. The number of carbonyl (C=O) groups excluding carboxylic acids is 2. The van der Waals surface area contributed by atoms with Crippen molar-refractivity contribution in [1.82, 2.24) is 0 Å².